The maximum atomic E-state index is 12.2. The molecule has 3 atom stereocenters. The highest BCUT2D eigenvalue weighted by molar-refractivity contribution is 5.68. The molecule has 168 valence electrons. The number of piperazine rings is 1. The summed E-state index contributed by atoms with van der Waals surface area (Å²) in [4.78, 5) is 27.6. The van der Waals surface area contributed by atoms with E-state index in [-0.39, 0.29) is 24.7 Å². The first-order valence-corrected chi connectivity index (χ1v) is 11.1. The van der Waals surface area contributed by atoms with E-state index >= 15 is 0 Å². The molecule has 0 spiro atoms. The summed E-state index contributed by atoms with van der Waals surface area (Å²) in [6, 6.07) is 15.7. The Morgan fingerprint density at radius 2 is 1.84 bits per heavy atom. The third-order valence-corrected chi connectivity index (χ3v) is 6.56. The van der Waals surface area contributed by atoms with E-state index in [1.54, 1.807) is 4.90 Å². The van der Waals surface area contributed by atoms with Gasteiger partial charge in [0.15, 0.2) is 0 Å². The van der Waals surface area contributed by atoms with Crippen LogP contribution in [0.25, 0.3) is 0 Å². The number of carboxylic acid groups (broad SMARTS) is 1. The van der Waals surface area contributed by atoms with Crippen molar-refractivity contribution in [2.75, 3.05) is 24.6 Å². The van der Waals surface area contributed by atoms with Gasteiger partial charge >= 0.3 is 12.2 Å². The molecule has 2 N–H and O–H groups in total. The smallest absolute Gasteiger partial charge is 0.407 e. The van der Waals surface area contributed by atoms with Gasteiger partial charge in [-0.1, -0.05) is 36.4 Å². The molecule has 2 fully saturated rings. The minimum Gasteiger partial charge on any atom is -0.491 e. The maximum Gasteiger partial charge on any atom is 0.407 e. The quantitative estimate of drug-likeness (QED) is 0.763. The number of hydrogen-bond donors (Lipinski definition) is 2. The molecule has 0 aliphatic carbocycles. The largest absolute Gasteiger partial charge is 0.491 e. The Hall–Kier alpha value is -3.42. The number of alkyl carbamates (subject to hydrolysis) is 1. The van der Waals surface area contributed by atoms with Gasteiger partial charge in [-0.15, -0.1) is 0 Å². The minimum atomic E-state index is -0.813. The van der Waals surface area contributed by atoms with Crippen molar-refractivity contribution >= 4 is 17.9 Å². The molecule has 8 nitrogen and oxygen atoms in total. The number of anilines is 1. The predicted molar refractivity (Wildman–Crippen MR) is 118 cm³/mol. The lowest BCUT2D eigenvalue weighted by molar-refractivity contribution is 0.115. The van der Waals surface area contributed by atoms with Gasteiger partial charge in [0.05, 0.1) is 18.1 Å². The van der Waals surface area contributed by atoms with Gasteiger partial charge in [-0.2, -0.15) is 0 Å². The Balaban J connectivity index is 1.17. The molecular formula is C24H27N3O5. The predicted octanol–water partition coefficient (Wildman–Crippen LogP) is 3.25. The molecule has 2 saturated heterocycles. The molecule has 3 aliphatic rings. The molecule has 3 heterocycles. The number of carbonyl (C=O) groups is 2. The van der Waals surface area contributed by atoms with Crippen molar-refractivity contribution in [1.29, 1.82) is 0 Å². The van der Waals surface area contributed by atoms with E-state index in [2.05, 4.69) is 16.3 Å². The van der Waals surface area contributed by atoms with Crippen LogP contribution in [0, 0.1) is 0 Å². The van der Waals surface area contributed by atoms with Crippen LogP contribution in [0.3, 0.4) is 0 Å². The van der Waals surface area contributed by atoms with E-state index in [0.717, 1.165) is 35.4 Å². The fourth-order valence-electron chi connectivity index (χ4n) is 5.01. The minimum absolute atomic E-state index is 0.0543. The summed E-state index contributed by atoms with van der Waals surface area (Å²) < 4.78 is 11.3. The SMILES string of the molecule is O=C(NC1COc2cc(N3CC4CCC(C3)N4C(=O)O)ccc2C1)OCc1ccccc1. The molecule has 2 aromatic rings. The van der Waals surface area contributed by atoms with Gasteiger partial charge in [0.1, 0.15) is 19.0 Å². The van der Waals surface area contributed by atoms with Crippen molar-refractivity contribution in [3.63, 3.8) is 0 Å². The Kier molecular flexibility index (Phi) is 5.51. The second kappa shape index (κ2) is 8.61. The first kappa shape index (κ1) is 20.5. The van der Waals surface area contributed by atoms with Crippen LogP contribution in [-0.2, 0) is 17.8 Å². The third-order valence-electron chi connectivity index (χ3n) is 6.56. The van der Waals surface area contributed by atoms with Crippen LogP contribution in [0.2, 0.25) is 0 Å². The summed E-state index contributed by atoms with van der Waals surface area (Å²) in [5.74, 6) is 0.825. The van der Waals surface area contributed by atoms with E-state index in [1.807, 2.05) is 42.5 Å². The molecule has 0 aromatic heterocycles. The first-order chi connectivity index (χ1) is 15.6. The van der Waals surface area contributed by atoms with E-state index in [0.29, 0.717) is 26.1 Å². The summed E-state index contributed by atoms with van der Waals surface area (Å²) in [5.41, 5.74) is 3.04. The normalized spacial score (nSPS) is 23.8. The monoisotopic (exact) mass is 437 g/mol. The number of hydrogen-bond acceptors (Lipinski definition) is 5. The molecule has 3 unspecified atom stereocenters. The lowest BCUT2D eigenvalue weighted by Crippen LogP contribution is -2.55. The number of carbonyl (C=O) groups excluding carboxylic acids is 1. The van der Waals surface area contributed by atoms with Crippen molar-refractivity contribution < 1.29 is 24.2 Å². The van der Waals surface area contributed by atoms with Crippen molar-refractivity contribution in [2.45, 2.75) is 44.0 Å². The first-order valence-electron chi connectivity index (χ1n) is 11.1. The zero-order chi connectivity index (χ0) is 22.1. The number of fused-ring (bicyclic) bond motifs is 3. The van der Waals surface area contributed by atoms with Gasteiger partial charge < -0.3 is 24.8 Å². The van der Waals surface area contributed by atoms with Crippen LogP contribution < -0.4 is 15.0 Å². The molecule has 2 amide bonds. The molecule has 0 radical (unpaired) electrons. The van der Waals surface area contributed by atoms with E-state index in [4.69, 9.17) is 9.47 Å². The molecule has 32 heavy (non-hydrogen) atoms. The highest BCUT2D eigenvalue weighted by atomic mass is 16.5. The van der Waals surface area contributed by atoms with Gasteiger partial charge in [0.2, 0.25) is 0 Å². The zero-order valence-electron chi connectivity index (χ0n) is 17.8. The summed E-state index contributed by atoms with van der Waals surface area (Å²) >= 11 is 0. The molecule has 2 aromatic carbocycles. The van der Waals surface area contributed by atoms with Crippen molar-refractivity contribution in [3.05, 3.63) is 59.7 Å². The number of ether oxygens (including phenoxy) is 2. The van der Waals surface area contributed by atoms with Crippen LogP contribution in [0.1, 0.15) is 24.0 Å². The topological polar surface area (TPSA) is 91.3 Å². The number of nitrogens with zero attached hydrogens (tertiary/aromatic N) is 2. The highest BCUT2D eigenvalue weighted by Gasteiger charge is 2.42. The van der Waals surface area contributed by atoms with Crippen LogP contribution in [0.15, 0.2) is 48.5 Å². The second-order valence-electron chi connectivity index (χ2n) is 8.69. The Morgan fingerprint density at radius 3 is 2.56 bits per heavy atom. The zero-order valence-corrected chi connectivity index (χ0v) is 17.8. The number of nitrogens with one attached hydrogen (secondary N) is 1. The van der Waals surface area contributed by atoms with Crippen LogP contribution in [-0.4, -0.2) is 60.0 Å². The number of benzene rings is 2. The summed E-state index contributed by atoms with van der Waals surface area (Å²) in [5, 5.41) is 12.3. The van der Waals surface area contributed by atoms with Gasteiger partial charge in [-0.05, 0) is 36.5 Å². The van der Waals surface area contributed by atoms with Crippen molar-refractivity contribution in [3.8, 4) is 5.75 Å². The Labute approximate surface area is 186 Å². The Bertz CT molecular complexity index is 984. The average molecular weight is 437 g/mol. The molecule has 2 bridgehead atoms. The maximum absolute atomic E-state index is 12.2. The van der Waals surface area contributed by atoms with Crippen molar-refractivity contribution in [2.24, 2.45) is 0 Å². The average Bonchev–Trinajstić information content (AvgIpc) is 3.08. The van der Waals surface area contributed by atoms with Gasteiger partial charge in [0, 0.05) is 24.8 Å². The molecule has 5 rings (SSSR count). The summed E-state index contributed by atoms with van der Waals surface area (Å²) in [7, 11) is 0. The lowest BCUT2D eigenvalue weighted by atomic mass is 10.0. The van der Waals surface area contributed by atoms with Crippen molar-refractivity contribution in [1.82, 2.24) is 10.2 Å². The van der Waals surface area contributed by atoms with Gasteiger partial charge in [0.25, 0.3) is 0 Å². The standard InChI is InChI=1S/C24H27N3O5/c28-23(32-14-16-4-2-1-3-5-16)25-18-10-17-6-7-19(11-22(17)31-15-18)26-12-20-8-9-21(13-26)27(20)24(29)30/h1-7,11,18,20-21H,8-10,12-15H2,(H,25,28)(H,29,30). The second-order valence-corrected chi connectivity index (χ2v) is 8.69. The van der Waals surface area contributed by atoms with E-state index < -0.39 is 12.2 Å². The molecule has 0 saturated carbocycles. The van der Waals surface area contributed by atoms with Crippen LogP contribution in [0.4, 0.5) is 15.3 Å². The van der Waals surface area contributed by atoms with Crippen LogP contribution >= 0.6 is 0 Å². The Morgan fingerprint density at radius 1 is 1.09 bits per heavy atom. The van der Waals surface area contributed by atoms with E-state index in [9.17, 15) is 14.7 Å². The summed E-state index contributed by atoms with van der Waals surface area (Å²) in [6.45, 7) is 2.03. The van der Waals surface area contributed by atoms with Gasteiger partial charge in [-0.25, -0.2) is 9.59 Å². The van der Waals surface area contributed by atoms with Crippen LogP contribution in [0.5, 0.6) is 5.75 Å². The molecular weight excluding hydrogens is 410 g/mol. The fourth-order valence-corrected chi connectivity index (χ4v) is 5.01. The summed E-state index contributed by atoms with van der Waals surface area (Å²) in [6.07, 6.45) is 1.25. The van der Waals surface area contributed by atoms with Gasteiger partial charge in [-0.3, -0.25) is 4.90 Å². The molecule has 3 aliphatic heterocycles. The number of rotatable bonds is 4. The number of amides is 2. The highest BCUT2D eigenvalue weighted by Crippen LogP contribution is 2.35. The fraction of sp³-hybridized carbons (Fsp3) is 0.417. The molecule has 8 heteroatoms. The third kappa shape index (κ3) is 4.17. The lowest BCUT2D eigenvalue weighted by Gasteiger charge is -2.41. The van der Waals surface area contributed by atoms with E-state index in [1.165, 1.54) is 0 Å².